The van der Waals surface area contributed by atoms with Crippen molar-refractivity contribution in [2.75, 3.05) is 40.3 Å². The molecule has 4 fully saturated rings. The van der Waals surface area contributed by atoms with Gasteiger partial charge in [0.05, 0.1) is 0 Å². The summed E-state index contributed by atoms with van der Waals surface area (Å²) in [6.45, 7) is 39.1. The van der Waals surface area contributed by atoms with Crippen LogP contribution in [0.25, 0.3) is 0 Å². The molecule has 2 aliphatic heterocycles. The Bertz CT molecular complexity index is 3230. The van der Waals surface area contributed by atoms with Crippen LogP contribution >= 0.6 is 0 Å². The van der Waals surface area contributed by atoms with Crippen LogP contribution < -0.4 is 0 Å². The van der Waals surface area contributed by atoms with Crippen molar-refractivity contribution in [2.24, 2.45) is 11.8 Å². The molecular weight excluding hydrogens is 1340 g/mol. The predicted octanol–water partition coefficient (Wildman–Crippen LogP) is 28.9. The van der Waals surface area contributed by atoms with Crippen LogP contribution in [0.4, 0.5) is 22.0 Å². The summed E-state index contributed by atoms with van der Waals surface area (Å²) in [7, 11) is 4.06. The van der Waals surface area contributed by atoms with Gasteiger partial charge in [-0.1, -0.05) is 340 Å². The van der Waals surface area contributed by atoms with Crippen molar-refractivity contribution in [3.8, 4) is 0 Å². The summed E-state index contributed by atoms with van der Waals surface area (Å²) >= 11 is 0. The number of hydrogen-bond donors (Lipinski definition) is 0. The van der Waals surface area contributed by atoms with E-state index in [-0.39, 0.29) is 18.7 Å². The lowest BCUT2D eigenvalue weighted by Gasteiger charge is -2.28. The number of halogens is 5. The fourth-order valence-electron chi connectivity index (χ4n) is 10.6. The van der Waals surface area contributed by atoms with Crippen molar-refractivity contribution in [1.82, 2.24) is 14.8 Å². The van der Waals surface area contributed by atoms with Gasteiger partial charge in [-0.15, -0.1) is 0 Å². The molecule has 14 rings (SSSR count). The fraction of sp³-hybridized carbons (Fsp3) is 0.410. The number of aromatic nitrogens is 1. The minimum Gasteiger partial charge on any atom is -0.306 e. The molecule has 9 aromatic carbocycles. The molecule has 0 spiro atoms. The Kier molecular flexibility index (Phi) is 54.8. The third kappa shape index (κ3) is 58.8. The third-order valence-electron chi connectivity index (χ3n) is 18.1. The summed E-state index contributed by atoms with van der Waals surface area (Å²) in [5, 5.41) is 0. The Hall–Kier alpha value is -8.30. The highest BCUT2D eigenvalue weighted by Crippen LogP contribution is 2.27. The van der Waals surface area contributed by atoms with Gasteiger partial charge in [0.1, 0.15) is 17.5 Å². The normalized spacial score (nSPS) is 13.9. The minimum atomic E-state index is -2.38. The van der Waals surface area contributed by atoms with Gasteiger partial charge in [-0.3, -0.25) is 4.98 Å². The molecule has 0 bridgehead atoms. The number of likely N-dealkylation sites (tertiary alicyclic amines) is 2. The Balaban J connectivity index is 0.000000582. The SMILES string of the molecule is CC1CCCCC1.CC1CCCCC1.CN1CCC(F)(F)CC1.CN1CCCCC1.Cc1cc(F)cc(F)c1.Cc1ccc(C)cc1.Cc1ccc(C)cc1.Cc1ccc(C)cc1.Cc1ccc(C)cc1.Cc1cccc(F)c1.Cc1ccccc1.Cc1ccccc1.Cc1ccccc1C.Cc1cccnc1. The van der Waals surface area contributed by atoms with E-state index in [0.29, 0.717) is 18.7 Å². The number of pyridine rings is 1. The highest BCUT2D eigenvalue weighted by atomic mass is 19.3. The number of alkyl halides is 2. The number of piperidine rings is 2. The molecule has 2 saturated heterocycles. The molecule has 10 aromatic rings. The molecule has 3 nitrogen and oxygen atoms in total. The number of aryl methyl sites for hydroxylation is 15. The van der Waals surface area contributed by atoms with Gasteiger partial charge >= 0.3 is 0 Å². The maximum absolute atomic E-state index is 12.4. The standard InChI is InChI=1S/5C8H10.C7H6F2.C7H7F.2C7H14.2C7H8.C6H11F2N.C6H7N.C6H13N/c4*1-7-3-5-8(2)6-4-7;1-7-5-3-4-6-8(7)2;1-5-2-6(8)4-7(9)3-5;1-6-3-2-4-7(8)5-6;4*1-7-5-3-2-4-6-7;1-9-4-2-6(7,8)3-5-9;1-6-3-2-4-7-5-6;1-7-5-3-2-4-6-7/h5*3-6H,1-2H3;2-4H,1H3;2-5H,1H3;2*7H,2-6H2,1H3;2*2-6H,1H3;2-5H2,1H3;2-5H,1H3;2-6H2,1H3. The highest BCUT2D eigenvalue weighted by molar-refractivity contribution is 5.25. The van der Waals surface area contributed by atoms with Crippen LogP contribution in [0.3, 0.4) is 0 Å². The molecule has 1 aromatic heterocycles. The highest BCUT2D eigenvalue weighted by Gasteiger charge is 2.32. The molecule has 0 amide bonds. The van der Waals surface area contributed by atoms with Crippen molar-refractivity contribution >= 4 is 0 Å². The summed E-state index contributed by atoms with van der Waals surface area (Å²) in [5.41, 5.74) is 18.8. The summed E-state index contributed by atoms with van der Waals surface area (Å²) in [4.78, 5) is 8.20. The molecule has 8 heteroatoms. The Labute approximate surface area is 655 Å². The summed E-state index contributed by atoms with van der Waals surface area (Å²) in [6.07, 6.45) is 22.8. The second-order valence-corrected chi connectivity index (χ2v) is 29.8. The van der Waals surface area contributed by atoms with Gasteiger partial charge in [0, 0.05) is 44.4 Å². The number of rotatable bonds is 0. The molecule has 108 heavy (non-hydrogen) atoms. The van der Waals surface area contributed by atoms with Crippen molar-refractivity contribution < 1.29 is 22.0 Å². The second-order valence-electron chi connectivity index (χ2n) is 29.8. The quantitative estimate of drug-likeness (QED) is 0.141. The number of hydrogen-bond acceptors (Lipinski definition) is 3. The molecular formula is C100H138F5N3. The van der Waals surface area contributed by atoms with Gasteiger partial charge in [-0.25, -0.2) is 22.0 Å². The minimum absolute atomic E-state index is 0.0312. The Morgan fingerprint density at radius 1 is 0.278 bits per heavy atom. The Morgan fingerprint density at radius 3 is 0.750 bits per heavy atom. The molecule has 3 heterocycles. The second kappa shape index (κ2) is 60.6. The van der Waals surface area contributed by atoms with Gasteiger partial charge in [-0.2, -0.15) is 0 Å². The predicted molar refractivity (Wildman–Crippen MR) is 461 cm³/mol. The first-order valence-corrected chi connectivity index (χ1v) is 39.3. The average Bonchev–Trinajstić information content (AvgIpc) is 0.891. The Morgan fingerprint density at radius 2 is 0.556 bits per heavy atom. The van der Waals surface area contributed by atoms with E-state index in [4.69, 9.17) is 0 Å². The smallest absolute Gasteiger partial charge is 0.250 e. The molecule has 0 unspecified atom stereocenters. The van der Waals surface area contributed by atoms with E-state index in [0.717, 1.165) is 23.5 Å². The zero-order chi connectivity index (χ0) is 80.3. The third-order valence-corrected chi connectivity index (χ3v) is 18.1. The molecule has 0 atom stereocenters. The number of benzene rings is 9. The molecule has 588 valence electrons. The molecule has 2 saturated carbocycles. The summed E-state index contributed by atoms with van der Waals surface area (Å²) in [6, 6.07) is 76.7. The molecule has 2 aliphatic carbocycles. The van der Waals surface area contributed by atoms with E-state index < -0.39 is 17.6 Å². The van der Waals surface area contributed by atoms with Crippen LogP contribution in [-0.4, -0.2) is 61.0 Å². The first-order valence-electron chi connectivity index (χ1n) is 39.3. The fourth-order valence-corrected chi connectivity index (χ4v) is 10.6. The van der Waals surface area contributed by atoms with Gasteiger partial charge < -0.3 is 9.80 Å². The maximum Gasteiger partial charge on any atom is 0.250 e. The molecule has 0 radical (unpaired) electrons. The lowest BCUT2D eigenvalue weighted by molar-refractivity contribution is -0.0504. The van der Waals surface area contributed by atoms with Gasteiger partial charge in [0.2, 0.25) is 0 Å². The van der Waals surface area contributed by atoms with Crippen molar-refractivity contribution in [2.45, 2.75) is 220 Å². The van der Waals surface area contributed by atoms with Gasteiger partial charge in [0.25, 0.3) is 5.92 Å². The maximum atomic E-state index is 12.4. The number of nitrogens with zero attached hydrogens (tertiary/aromatic N) is 3. The van der Waals surface area contributed by atoms with Crippen LogP contribution in [0.2, 0.25) is 0 Å². The van der Waals surface area contributed by atoms with E-state index in [1.165, 1.54) is 193 Å². The van der Waals surface area contributed by atoms with E-state index in [2.05, 4.69) is 259 Å². The average molecular weight is 1480 g/mol. The van der Waals surface area contributed by atoms with Crippen molar-refractivity contribution in [3.63, 3.8) is 0 Å². The summed E-state index contributed by atoms with van der Waals surface area (Å²) < 4.78 is 61.2. The van der Waals surface area contributed by atoms with E-state index in [1.54, 1.807) is 19.2 Å². The van der Waals surface area contributed by atoms with Crippen molar-refractivity contribution in [1.29, 1.82) is 0 Å². The lowest BCUT2D eigenvalue weighted by atomic mass is 9.91. The van der Waals surface area contributed by atoms with Crippen LogP contribution in [-0.2, 0) is 0 Å². The van der Waals surface area contributed by atoms with Gasteiger partial charge in [-0.05, 0) is 214 Å². The van der Waals surface area contributed by atoms with Crippen LogP contribution in [0, 0.1) is 133 Å². The van der Waals surface area contributed by atoms with Crippen molar-refractivity contribution in [3.05, 3.63) is 350 Å². The topological polar surface area (TPSA) is 19.4 Å². The molecule has 4 aliphatic rings. The monoisotopic (exact) mass is 1480 g/mol. The zero-order valence-corrected chi connectivity index (χ0v) is 70.0. The first kappa shape index (κ1) is 97.7. The van der Waals surface area contributed by atoms with Crippen LogP contribution in [0.15, 0.2) is 249 Å². The van der Waals surface area contributed by atoms with Gasteiger partial charge in [0.15, 0.2) is 0 Å². The zero-order valence-electron chi connectivity index (χ0n) is 70.0. The van der Waals surface area contributed by atoms with E-state index in [9.17, 15) is 22.0 Å². The van der Waals surface area contributed by atoms with Crippen LogP contribution in [0.1, 0.15) is 194 Å². The van der Waals surface area contributed by atoms with E-state index >= 15 is 0 Å². The molecule has 0 N–H and O–H groups in total. The summed E-state index contributed by atoms with van der Waals surface area (Å²) in [5.74, 6) is -1.51. The largest absolute Gasteiger partial charge is 0.306 e. The first-order chi connectivity index (χ1) is 51.4. The van der Waals surface area contributed by atoms with E-state index in [1.807, 2.05) is 86.6 Å². The van der Waals surface area contributed by atoms with Crippen LogP contribution in [0.5, 0.6) is 0 Å². The lowest BCUT2D eigenvalue weighted by Crippen LogP contribution is -2.36.